The number of aromatic nitrogens is 1. The third kappa shape index (κ3) is 4.85. The number of nitrogens with zero attached hydrogens (tertiary/aromatic N) is 1. The molecule has 0 aliphatic carbocycles. The first-order valence-corrected chi connectivity index (χ1v) is 6.80. The van der Waals surface area contributed by atoms with Gasteiger partial charge in [0.1, 0.15) is 0 Å². The number of halogens is 4. The second-order valence-electron chi connectivity index (χ2n) is 3.92. The van der Waals surface area contributed by atoms with E-state index in [9.17, 15) is 13.2 Å². The quantitative estimate of drug-likeness (QED) is 0.636. The molecule has 1 aromatic carbocycles. The van der Waals surface area contributed by atoms with Crippen LogP contribution in [0.5, 0.6) is 5.75 Å². The Labute approximate surface area is 138 Å². The lowest BCUT2D eigenvalue weighted by Gasteiger charge is -2.08. The molecule has 1 heterocycles. The van der Waals surface area contributed by atoms with Crippen LogP contribution in [0.3, 0.4) is 0 Å². The van der Waals surface area contributed by atoms with Crippen LogP contribution in [0.1, 0.15) is 0 Å². The maximum atomic E-state index is 13.8. The minimum atomic E-state index is -1.05. The van der Waals surface area contributed by atoms with Crippen LogP contribution in [0, 0.1) is 11.6 Å². The molecule has 0 spiro atoms. The number of pyridine rings is 1. The zero-order valence-corrected chi connectivity index (χ0v) is 13.4. The van der Waals surface area contributed by atoms with E-state index in [0.717, 1.165) is 6.20 Å². The van der Waals surface area contributed by atoms with Crippen molar-refractivity contribution in [1.29, 1.82) is 0 Å². The van der Waals surface area contributed by atoms with Crippen LogP contribution >= 0.6 is 15.9 Å². The van der Waals surface area contributed by atoms with E-state index in [1.807, 2.05) is 0 Å². The molecule has 0 atom stereocenters. The summed E-state index contributed by atoms with van der Waals surface area (Å²) in [5.74, 6) is -2.01. The van der Waals surface area contributed by atoms with E-state index < -0.39 is 18.5 Å². The number of benzene rings is 1. The lowest BCUT2D eigenvalue weighted by atomic mass is 10.1. The molecule has 0 fully saturated rings. The van der Waals surface area contributed by atoms with E-state index in [4.69, 9.17) is 10.5 Å². The molecule has 124 valence electrons. The largest absolute Gasteiger partial charge is 0.471 e. The molecule has 2 rings (SSSR count). The summed E-state index contributed by atoms with van der Waals surface area (Å²) < 4.78 is 47.6. The summed E-state index contributed by atoms with van der Waals surface area (Å²) in [5.41, 5.74) is 5.78. The van der Waals surface area contributed by atoms with E-state index in [0.29, 0.717) is 6.47 Å². The molecule has 0 bridgehead atoms. The van der Waals surface area contributed by atoms with Crippen molar-refractivity contribution in [3.63, 3.8) is 0 Å². The molecule has 23 heavy (non-hydrogen) atoms. The molecule has 0 saturated carbocycles. The molecule has 1 aromatic heterocycles. The van der Waals surface area contributed by atoms with Gasteiger partial charge in [-0.2, -0.15) is 0 Å². The van der Waals surface area contributed by atoms with Crippen molar-refractivity contribution in [2.24, 2.45) is 0 Å². The molecule has 2 aromatic rings. The Morgan fingerprint density at radius 1 is 1.35 bits per heavy atom. The summed E-state index contributed by atoms with van der Waals surface area (Å²) in [6.07, 6.45) is 1.16. The first-order chi connectivity index (χ1) is 11.0. The number of nitrogens with two attached hydrogens (primary N) is 1. The molecular formula is C14H12BrF3N2O3. The second-order valence-corrected chi connectivity index (χ2v) is 4.77. The van der Waals surface area contributed by atoms with Crippen molar-refractivity contribution < 1.29 is 27.4 Å². The van der Waals surface area contributed by atoms with Crippen molar-refractivity contribution >= 4 is 28.1 Å². The average molecular weight is 393 g/mol. The standard InChI is InChI=1S/C12H8BrF3N2O.C2H4O2/c13-7-2-1-6(11(15)12(7)16)9-3-8(17)10(4-18-9)19-5-14;1-4-2-3/h1-4H,5H2,(H2,17,18);2H,1H3. The van der Waals surface area contributed by atoms with Crippen LogP contribution in [0.25, 0.3) is 11.3 Å². The number of ether oxygens (including phenoxy) is 2. The maximum absolute atomic E-state index is 13.8. The van der Waals surface area contributed by atoms with Crippen molar-refractivity contribution in [3.8, 4) is 17.0 Å². The van der Waals surface area contributed by atoms with Crippen LogP contribution in [-0.4, -0.2) is 25.4 Å². The predicted molar refractivity (Wildman–Crippen MR) is 81.4 cm³/mol. The number of carbonyl (C=O) groups is 1. The van der Waals surface area contributed by atoms with E-state index in [2.05, 4.69) is 30.4 Å². The summed E-state index contributed by atoms with van der Waals surface area (Å²) in [4.78, 5) is 12.8. The van der Waals surface area contributed by atoms with Gasteiger partial charge in [-0.3, -0.25) is 9.78 Å². The fourth-order valence-corrected chi connectivity index (χ4v) is 1.82. The number of nitrogen functional groups attached to an aromatic ring is 1. The van der Waals surface area contributed by atoms with Gasteiger partial charge in [-0.05, 0) is 34.1 Å². The van der Waals surface area contributed by atoms with Gasteiger partial charge >= 0.3 is 0 Å². The summed E-state index contributed by atoms with van der Waals surface area (Å²) in [6.45, 7) is -0.674. The first-order valence-electron chi connectivity index (χ1n) is 6.00. The molecule has 0 amide bonds. The van der Waals surface area contributed by atoms with Gasteiger partial charge in [0.2, 0.25) is 6.86 Å². The molecule has 0 radical (unpaired) electrons. The molecule has 9 heteroatoms. The SMILES string of the molecule is COC=O.Nc1cc(-c2ccc(Br)c(F)c2F)ncc1OCF. The average Bonchev–Trinajstić information content (AvgIpc) is 2.55. The summed E-state index contributed by atoms with van der Waals surface area (Å²) in [6, 6.07) is 4.01. The van der Waals surface area contributed by atoms with Crippen molar-refractivity contribution in [2.45, 2.75) is 0 Å². The molecule has 0 unspecified atom stereocenters. The number of anilines is 1. The highest BCUT2D eigenvalue weighted by atomic mass is 79.9. The number of methoxy groups -OCH3 is 1. The van der Waals surface area contributed by atoms with Crippen LogP contribution in [0.2, 0.25) is 0 Å². The van der Waals surface area contributed by atoms with Crippen LogP contribution < -0.4 is 10.5 Å². The Hall–Kier alpha value is -2.29. The van der Waals surface area contributed by atoms with Crippen molar-refractivity contribution in [1.82, 2.24) is 4.98 Å². The van der Waals surface area contributed by atoms with Gasteiger partial charge in [-0.15, -0.1) is 0 Å². The summed E-state index contributed by atoms with van der Waals surface area (Å²) in [7, 11) is 1.31. The monoisotopic (exact) mass is 392 g/mol. The van der Waals surface area contributed by atoms with Gasteiger partial charge in [0, 0.05) is 5.56 Å². The number of carbonyl (C=O) groups excluding carboxylic acids is 1. The third-order valence-corrected chi connectivity index (χ3v) is 3.13. The van der Waals surface area contributed by atoms with Crippen LogP contribution in [0.4, 0.5) is 18.9 Å². The van der Waals surface area contributed by atoms with E-state index in [1.165, 1.54) is 25.3 Å². The van der Waals surface area contributed by atoms with Gasteiger partial charge in [0.05, 0.1) is 29.2 Å². The normalized spacial score (nSPS) is 9.61. The lowest BCUT2D eigenvalue weighted by molar-refractivity contribution is -0.126. The van der Waals surface area contributed by atoms with Gasteiger partial charge in [-0.1, -0.05) is 0 Å². The molecule has 5 nitrogen and oxygen atoms in total. The molecule has 0 aliphatic rings. The topological polar surface area (TPSA) is 74.4 Å². The number of alkyl halides is 1. The molecule has 0 aliphatic heterocycles. The van der Waals surface area contributed by atoms with Crippen molar-refractivity contribution in [3.05, 3.63) is 40.5 Å². The van der Waals surface area contributed by atoms with E-state index >= 15 is 0 Å². The van der Waals surface area contributed by atoms with Gasteiger partial charge in [0.25, 0.3) is 6.47 Å². The Morgan fingerprint density at radius 3 is 2.52 bits per heavy atom. The maximum Gasteiger partial charge on any atom is 0.292 e. The van der Waals surface area contributed by atoms with Gasteiger partial charge in [0.15, 0.2) is 17.4 Å². The summed E-state index contributed by atoms with van der Waals surface area (Å²) in [5, 5.41) is 0. The summed E-state index contributed by atoms with van der Waals surface area (Å²) >= 11 is 2.88. The molecule has 0 saturated heterocycles. The Kier molecular flexibility index (Phi) is 7.33. The zero-order valence-electron chi connectivity index (χ0n) is 11.9. The highest BCUT2D eigenvalue weighted by Crippen LogP contribution is 2.30. The molecule has 2 N–H and O–H groups in total. The van der Waals surface area contributed by atoms with Gasteiger partial charge < -0.3 is 15.2 Å². The van der Waals surface area contributed by atoms with Crippen LogP contribution in [-0.2, 0) is 9.53 Å². The Bertz CT molecular complexity index is 687. The van der Waals surface area contributed by atoms with Crippen LogP contribution in [0.15, 0.2) is 28.9 Å². The minimum absolute atomic E-state index is 0.0131. The Balaban J connectivity index is 0.000000593. The highest BCUT2D eigenvalue weighted by molar-refractivity contribution is 9.10. The van der Waals surface area contributed by atoms with Crippen molar-refractivity contribution in [2.75, 3.05) is 19.7 Å². The second kappa shape index (κ2) is 8.99. The first kappa shape index (κ1) is 18.8. The molecular weight excluding hydrogens is 381 g/mol. The van der Waals surface area contributed by atoms with E-state index in [1.54, 1.807) is 0 Å². The number of hydrogen-bond acceptors (Lipinski definition) is 5. The zero-order chi connectivity index (χ0) is 17.4. The highest BCUT2D eigenvalue weighted by Gasteiger charge is 2.15. The number of rotatable bonds is 4. The smallest absolute Gasteiger partial charge is 0.292 e. The van der Waals surface area contributed by atoms with E-state index in [-0.39, 0.29) is 27.2 Å². The lowest BCUT2D eigenvalue weighted by Crippen LogP contribution is -1.99. The fraction of sp³-hybridized carbons (Fsp3) is 0.143. The third-order valence-electron chi connectivity index (χ3n) is 2.52. The Morgan fingerprint density at radius 2 is 2.00 bits per heavy atom. The predicted octanol–water partition coefficient (Wildman–Crippen LogP) is 3.47. The fourth-order valence-electron chi connectivity index (χ4n) is 1.51. The number of hydrogen-bond donors (Lipinski definition) is 1. The minimum Gasteiger partial charge on any atom is -0.471 e. The van der Waals surface area contributed by atoms with Gasteiger partial charge in [-0.25, -0.2) is 13.2 Å².